The lowest BCUT2D eigenvalue weighted by Crippen LogP contribution is -2.22. The highest BCUT2D eigenvalue weighted by molar-refractivity contribution is 7.16. The molecule has 0 aliphatic heterocycles. The number of rotatable bonds is 5. The number of nitrogens with zero attached hydrogens (tertiary/aromatic N) is 2. The molecule has 4 aromatic rings. The molecule has 1 amide bonds. The maximum Gasteiger partial charge on any atom is 0.325 e. The molecule has 0 fully saturated rings. The number of aromatic nitrogens is 1. The Labute approximate surface area is 185 Å². The van der Waals surface area contributed by atoms with Crippen molar-refractivity contribution in [2.24, 2.45) is 4.99 Å². The smallest absolute Gasteiger partial charge is 0.325 e. The molecule has 0 atom stereocenters. The number of thiazole rings is 1. The van der Waals surface area contributed by atoms with Gasteiger partial charge in [-0.1, -0.05) is 35.6 Å². The third-order valence-corrected chi connectivity index (χ3v) is 5.49. The monoisotopic (exact) mass is 454 g/mol. The topological polar surface area (TPSA) is 69.9 Å². The van der Waals surface area contributed by atoms with Gasteiger partial charge in [-0.2, -0.15) is 4.99 Å². The molecule has 0 radical (unpaired) electrons. The molecule has 0 unspecified atom stereocenters. The molecule has 0 bridgehead atoms. The van der Waals surface area contributed by atoms with E-state index in [1.807, 2.05) is 18.2 Å². The summed E-state index contributed by atoms with van der Waals surface area (Å²) in [6.45, 7) is -0.387. The molecule has 0 saturated carbocycles. The van der Waals surface area contributed by atoms with Gasteiger partial charge in [0.15, 0.2) is 10.6 Å². The largest absolute Gasteiger partial charge is 0.468 e. The van der Waals surface area contributed by atoms with Gasteiger partial charge in [0.25, 0.3) is 5.91 Å². The first-order chi connectivity index (χ1) is 15.4. The van der Waals surface area contributed by atoms with Crippen molar-refractivity contribution >= 4 is 33.4 Å². The van der Waals surface area contributed by atoms with E-state index in [1.54, 1.807) is 30.3 Å². The molecule has 0 saturated heterocycles. The maximum absolute atomic E-state index is 14.4. The van der Waals surface area contributed by atoms with Crippen molar-refractivity contribution in [1.82, 2.24) is 4.57 Å². The summed E-state index contributed by atoms with van der Waals surface area (Å²) < 4.78 is 39.9. The van der Waals surface area contributed by atoms with Gasteiger partial charge >= 0.3 is 5.97 Å². The lowest BCUT2D eigenvalue weighted by atomic mass is 10.2. The summed E-state index contributed by atoms with van der Waals surface area (Å²) in [6.07, 6.45) is 0. The van der Waals surface area contributed by atoms with E-state index >= 15 is 0 Å². The van der Waals surface area contributed by atoms with Crippen LogP contribution in [0.1, 0.15) is 10.4 Å². The Balaban J connectivity index is 1.75. The van der Waals surface area contributed by atoms with Crippen molar-refractivity contribution in [3.8, 4) is 11.5 Å². The van der Waals surface area contributed by atoms with Gasteiger partial charge < -0.3 is 14.0 Å². The lowest BCUT2D eigenvalue weighted by Gasteiger charge is -2.06. The molecule has 1 heterocycles. The molecule has 0 spiro atoms. The molecule has 32 heavy (non-hydrogen) atoms. The molecular weight excluding hydrogens is 438 g/mol. The van der Waals surface area contributed by atoms with Crippen molar-refractivity contribution in [2.75, 3.05) is 7.11 Å². The van der Waals surface area contributed by atoms with E-state index in [0.29, 0.717) is 17.6 Å². The summed E-state index contributed by atoms with van der Waals surface area (Å²) in [4.78, 5) is 28.8. The number of methoxy groups -OCH3 is 1. The van der Waals surface area contributed by atoms with Crippen LogP contribution in [-0.2, 0) is 16.1 Å². The van der Waals surface area contributed by atoms with E-state index in [-0.39, 0.29) is 27.1 Å². The average molecular weight is 454 g/mol. The Morgan fingerprint density at radius 2 is 1.75 bits per heavy atom. The molecule has 4 rings (SSSR count). The molecule has 0 aliphatic rings. The van der Waals surface area contributed by atoms with Gasteiger partial charge in [0.2, 0.25) is 0 Å². The van der Waals surface area contributed by atoms with Crippen LogP contribution in [0.4, 0.5) is 8.78 Å². The van der Waals surface area contributed by atoms with Crippen molar-refractivity contribution in [3.63, 3.8) is 0 Å². The minimum absolute atomic E-state index is 0.0329. The molecule has 1 aromatic heterocycles. The third kappa shape index (κ3) is 4.57. The number of carbonyl (C=O) groups excluding carboxylic acids is 2. The highest BCUT2D eigenvalue weighted by Crippen LogP contribution is 2.24. The summed E-state index contributed by atoms with van der Waals surface area (Å²) in [7, 11) is 1.19. The number of para-hydroxylation sites is 1. The van der Waals surface area contributed by atoms with Crippen LogP contribution in [0.5, 0.6) is 11.5 Å². The van der Waals surface area contributed by atoms with Crippen LogP contribution in [-0.4, -0.2) is 23.6 Å². The van der Waals surface area contributed by atoms with Gasteiger partial charge in [-0.15, -0.1) is 0 Å². The fourth-order valence-electron chi connectivity index (χ4n) is 3.02. The molecule has 0 N–H and O–H groups in total. The molecule has 0 aliphatic carbocycles. The summed E-state index contributed by atoms with van der Waals surface area (Å²) in [6, 6.07) is 17.3. The number of amides is 1. The zero-order valence-corrected chi connectivity index (χ0v) is 17.6. The van der Waals surface area contributed by atoms with Crippen molar-refractivity contribution < 1.29 is 27.8 Å². The van der Waals surface area contributed by atoms with Crippen LogP contribution in [0.25, 0.3) is 10.2 Å². The van der Waals surface area contributed by atoms with Gasteiger partial charge in [0, 0.05) is 11.6 Å². The Morgan fingerprint density at radius 1 is 1.00 bits per heavy atom. The Hall–Kier alpha value is -3.85. The first-order valence-electron chi connectivity index (χ1n) is 9.42. The van der Waals surface area contributed by atoms with E-state index in [9.17, 15) is 18.4 Å². The second-order valence-corrected chi connectivity index (χ2v) is 7.65. The van der Waals surface area contributed by atoms with E-state index in [1.165, 1.54) is 17.7 Å². The SMILES string of the molecule is COC(=O)Cn1c(=NC(=O)c2cccc(Oc3ccccc3)c2)sc2cc(F)cc(F)c21. The minimum atomic E-state index is -0.868. The third-order valence-electron chi connectivity index (χ3n) is 4.47. The zero-order chi connectivity index (χ0) is 22.7. The van der Waals surface area contributed by atoms with E-state index in [0.717, 1.165) is 17.4 Å². The minimum Gasteiger partial charge on any atom is -0.468 e. The summed E-state index contributed by atoms with van der Waals surface area (Å²) in [5.74, 6) is -1.90. The van der Waals surface area contributed by atoms with E-state index in [2.05, 4.69) is 9.73 Å². The zero-order valence-electron chi connectivity index (χ0n) is 16.7. The summed E-state index contributed by atoms with van der Waals surface area (Å²) >= 11 is 0.891. The van der Waals surface area contributed by atoms with Gasteiger partial charge in [-0.25, -0.2) is 8.78 Å². The van der Waals surface area contributed by atoms with Crippen LogP contribution in [0.2, 0.25) is 0 Å². The van der Waals surface area contributed by atoms with Crippen molar-refractivity contribution in [1.29, 1.82) is 0 Å². The Morgan fingerprint density at radius 3 is 2.50 bits per heavy atom. The van der Waals surface area contributed by atoms with Gasteiger partial charge in [0.1, 0.15) is 23.9 Å². The molecular formula is C23H16F2N2O4S. The molecule has 3 aromatic carbocycles. The number of halogens is 2. The van der Waals surface area contributed by atoms with Gasteiger partial charge in [-0.05, 0) is 36.4 Å². The van der Waals surface area contributed by atoms with Crippen molar-refractivity contribution in [3.05, 3.63) is 88.7 Å². The van der Waals surface area contributed by atoms with Gasteiger partial charge in [-0.3, -0.25) is 9.59 Å². The predicted octanol–water partition coefficient (Wildman–Crippen LogP) is 4.69. The van der Waals surface area contributed by atoms with Crippen LogP contribution >= 0.6 is 11.3 Å². The number of esters is 1. The molecule has 9 heteroatoms. The highest BCUT2D eigenvalue weighted by Gasteiger charge is 2.17. The molecule has 6 nitrogen and oxygen atoms in total. The van der Waals surface area contributed by atoms with Gasteiger partial charge in [0.05, 0.1) is 17.3 Å². The average Bonchev–Trinajstić information content (AvgIpc) is 3.11. The fraction of sp³-hybridized carbons (Fsp3) is 0.0870. The van der Waals surface area contributed by atoms with Crippen LogP contribution < -0.4 is 9.54 Å². The second-order valence-electron chi connectivity index (χ2n) is 6.64. The Kier molecular flexibility index (Phi) is 6.09. The van der Waals surface area contributed by atoms with E-state index in [4.69, 9.17) is 4.74 Å². The predicted molar refractivity (Wildman–Crippen MR) is 115 cm³/mol. The maximum atomic E-state index is 14.4. The fourth-order valence-corrected chi connectivity index (χ4v) is 4.09. The first kappa shape index (κ1) is 21.4. The van der Waals surface area contributed by atoms with E-state index < -0.39 is 23.5 Å². The van der Waals surface area contributed by atoms with Crippen LogP contribution in [0, 0.1) is 11.6 Å². The standard InChI is InChI=1S/C23H16F2N2O4S/c1-30-20(28)13-27-21-18(25)11-15(24)12-19(21)32-23(27)26-22(29)14-6-5-9-17(10-14)31-16-7-3-2-4-8-16/h2-12H,13H2,1H3. The number of benzene rings is 3. The highest BCUT2D eigenvalue weighted by atomic mass is 32.1. The summed E-state index contributed by atoms with van der Waals surface area (Å²) in [5, 5.41) is 0. The number of fused-ring (bicyclic) bond motifs is 1. The van der Waals surface area contributed by atoms with Crippen molar-refractivity contribution in [2.45, 2.75) is 6.54 Å². The van der Waals surface area contributed by atoms with Crippen LogP contribution in [0.3, 0.4) is 0 Å². The molecule has 162 valence electrons. The first-order valence-corrected chi connectivity index (χ1v) is 10.2. The number of ether oxygens (including phenoxy) is 2. The van der Waals surface area contributed by atoms with Crippen LogP contribution in [0.15, 0.2) is 71.7 Å². The quantitative estimate of drug-likeness (QED) is 0.411. The Bertz CT molecular complexity index is 1380. The second kappa shape index (κ2) is 9.11. The number of hydrogen-bond acceptors (Lipinski definition) is 5. The lowest BCUT2D eigenvalue weighted by molar-refractivity contribution is -0.141. The normalized spacial score (nSPS) is 11.5. The number of carbonyl (C=O) groups is 2. The number of hydrogen-bond donors (Lipinski definition) is 0. The summed E-state index contributed by atoms with van der Waals surface area (Å²) in [5.41, 5.74) is 0.196.